The summed E-state index contributed by atoms with van der Waals surface area (Å²) in [6.45, 7) is 1.50. The minimum absolute atomic E-state index is 0. The van der Waals surface area contributed by atoms with Crippen LogP contribution in [0.15, 0.2) is 90.3 Å². The third-order valence-corrected chi connectivity index (χ3v) is 3.71. The standard InChI is InChI=1S/C14H13N4.C6H6S.Pt/c1-4-13(11-17-8-2-6-15-17)10-14(5-1)12-18-9-3-7-16-18;7-6-4-2-1-3-5-6;/h1-9H,11-12H2;1-5,7H;/q-1;;+2/p-1. The van der Waals surface area contributed by atoms with E-state index in [1.165, 1.54) is 0 Å². The fourth-order valence-electron chi connectivity index (χ4n) is 2.31. The molecular weight excluding hydrogens is 523 g/mol. The minimum atomic E-state index is 0. The van der Waals surface area contributed by atoms with Gasteiger partial charge in [-0.3, -0.25) is 9.36 Å². The summed E-state index contributed by atoms with van der Waals surface area (Å²) in [6, 6.07) is 23.0. The van der Waals surface area contributed by atoms with Crippen molar-refractivity contribution in [3.63, 3.8) is 0 Å². The maximum atomic E-state index is 4.81. The largest absolute Gasteiger partial charge is 2.00 e. The van der Waals surface area contributed by atoms with Crippen LogP contribution in [0.2, 0.25) is 0 Å². The van der Waals surface area contributed by atoms with Crippen molar-refractivity contribution in [1.82, 2.24) is 19.6 Å². The van der Waals surface area contributed by atoms with Crippen LogP contribution < -0.4 is 0 Å². The Bertz CT molecular complexity index is 810. The normalized spacial score (nSPS) is 9.69. The van der Waals surface area contributed by atoms with E-state index in [-0.39, 0.29) is 21.1 Å². The zero-order valence-corrected chi connectivity index (χ0v) is 17.1. The average Bonchev–Trinajstić information content (AvgIpc) is 3.31. The van der Waals surface area contributed by atoms with Gasteiger partial charge in [0.25, 0.3) is 0 Å². The van der Waals surface area contributed by atoms with E-state index in [0.29, 0.717) is 0 Å². The van der Waals surface area contributed by atoms with Crippen LogP contribution in [0.25, 0.3) is 0 Å². The molecule has 0 N–H and O–H groups in total. The van der Waals surface area contributed by atoms with Crippen molar-refractivity contribution < 1.29 is 21.1 Å². The van der Waals surface area contributed by atoms with E-state index in [0.717, 1.165) is 29.1 Å². The van der Waals surface area contributed by atoms with Gasteiger partial charge in [-0.2, -0.15) is 39.4 Å². The number of aromatic nitrogens is 4. The summed E-state index contributed by atoms with van der Waals surface area (Å²) in [4.78, 5) is 0.905. The molecule has 4 rings (SSSR count). The van der Waals surface area contributed by atoms with Crippen LogP contribution >= 0.6 is 0 Å². The third kappa shape index (κ3) is 6.58. The molecule has 0 aliphatic carbocycles. The van der Waals surface area contributed by atoms with Crippen molar-refractivity contribution in [1.29, 1.82) is 0 Å². The van der Waals surface area contributed by atoms with E-state index in [1.807, 2.05) is 70.3 Å². The molecule has 6 heteroatoms. The Hall–Kier alpha value is -2.23. The second kappa shape index (κ2) is 10.7. The zero-order chi connectivity index (χ0) is 17.3. The van der Waals surface area contributed by atoms with Gasteiger partial charge in [-0.15, -0.1) is 11.1 Å². The van der Waals surface area contributed by atoms with Gasteiger partial charge in [-0.1, -0.05) is 30.3 Å². The molecule has 0 unspecified atom stereocenters. The van der Waals surface area contributed by atoms with Crippen molar-refractivity contribution in [2.75, 3.05) is 0 Å². The van der Waals surface area contributed by atoms with Gasteiger partial charge in [0, 0.05) is 37.9 Å². The molecule has 2 aromatic heterocycles. The second-order valence-electron chi connectivity index (χ2n) is 5.42. The summed E-state index contributed by atoms with van der Waals surface area (Å²) in [5, 5.41) is 8.39. The molecule has 0 spiro atoms. The van der Waals surface area contributed by atoms with E-state index in [4.69, 9.17) is 12.6 Å². The molecule has 2 heterocycles. The molecule has 26 heavy (non-hydrogen) atoms. The quantitative estimate of drug-likeness (QED) is 0.293. The van der Waals surface area contributed by atoms with E-state index >= 15 is 0 Å². The molecule has 4 aromatic rings. The van der Waals surface area contributed by atoms with Gasteiger partial charge in [-0.25, -0.2) is 0 Å². The zero-order valence-electron chi connectivity index (χ0n) is 14.0. The molecule has 0 amide bonds. The van der Waals surface area contributed by atoms with Crippen LogP contribution in [0.3, 0.4) is 0 Å². The minimum Gasteiger partial charge on any atom is -0.780 e. The van der Waals surface area contributed by atoms with Gasteiger partial charge < -0.3 is 12.6 Å². The molecule has 0 saturated carbocycles. The summed E-state index contributed by atoms with van der Waals surface area (Å²) >= 11 is 4.81. The molecule has 4 nitrogen and oxygen atoms in total. The number of benzene rings is 2. The predicted molar refractivity (Wildman–Crippen MR) is 100 cm³/mol. The van der Waals surface area contributed by atoms with Gasteiger partial charge >= 0.3 is 21.1 Å². The van der Waals surface area contributed by atoms with Crippen LogP contribution in [0.1, 0.15) is 11.1 Å². The Balaban J connectivity index is 0.000000258. The molecule has 0 bridgehead atoms. The van der Waals surface area contributed by atoms with Crippen molar-refractivity contribution in [2.45, 2.75) is 18.0 Å². The van der Waals surface area contributed by atoms with E-state index in [2.05, 4.69) is 28.4 Å². The number of rotatable bonds is 4. The molecule has 0 fully saturated rings. The van der Waals surface area contributed by atoms with Gasteiger partial charge in [-0.05, 0) is 12.1 Å². The molecule has 0 aliphatic heterocycles. The first-order valence-corrected chi connectivity index (χ1v) is 8.37. The monoisotopic (exact) mass is 541 g/mol. The van der Waals surface area contributed by atoms with Gasteiger partial charge in [0.05, 0.1) is 0 Å². The number of hydrogen-bond donors (Lipinski definition) is 0. The maximum absolute atomic E-state index is 4.81. The van der Waals surface area contributed by atoms with Crippen molar-refractivity contribution in [2.24, 2.45) is 0 Å². The predicted octanol–water partition coefficient (Wildman–Crippen LogP) is 3.57. The first kappa shape index (κ1) is 20.1. The van der Waals surface area contributed by atoms with Crippen LogP contribution in [0.5, 0.6) is 0 Å². The molecule has 0 aliphatic rings. The summed E-state index contributed by atoms with van der Waals surface area (Å²) < 4.78 is 3.78. The first-order valence-electron chi connectivity index (χ1n) is 7.96. The van der Waals surface area contributed by atoms with Crippen LogP contribution in [-0.4, -0.2) is 19.6 Å². The summed E-state index contributed by atoms with van der Waals surface area (Å²) in [6.07, 6.45) is 7.48. The Morgan fingerprint density at radius 3 is 1.65 bits per heavy atom. The Labute approximate surface area is 173 Å². The van der Waals surface area contributed by atoms with Crippen molar-refractivity contribution in [3.05, 3.63) is 103 Å². The maximum Gasteiger partial charge on any atom is 2.00 e. The summed E-state index contributed by atoms with van der Waals surface area (Å²) in [5.41, 5.74) is 2.26. The molecule has 0 radical (unpaired) electrons. The van der Waals surface area contributed by atoms with Gasteiger partial charge in [0.1, 0.15) is 0 Å². The first-order chi connectivity index (χ1) is 12.3. The van der Waals surface area contributed by atoms with E-state index in [1.54, 1.807) is 12.4 Å². The topological polar surface area (TPSA) is 35.6 Å². The molecular formula is C20H18N4PtS. The molecule has 134 valence electrons. The average molecular weight is 542 g/mol. The van der Waals surface area contributed by atoms with Crippen LogP contribution in [0, 0.1) is 6.07 Å². The van der Waals surface area contributed by atoms with Crippen LogP contribution in [-0.2, 0) is 46.8 Å². The number of nitrogens with zero attached hydrogens (tertiary/aromatic N) is 4. The third-order valence-electron chi connectivity index (χ3n) is 3.44. The Morgan fingerprint density at radius 2 is 1.27 bits per heavy atom. The second-order valence-corrected chi connectivity index (χ2v) is 5.89. The van der Waals surface area contributed by atoms with Crippen LogP contribution in [0.4, 0.5) is 0 Å². The summed E-state index contributed by atoms with van der Waals surface area (Å²) in [7, 11) is 0. The fraction of sp³-hybridized carbons (Fsp3) is 0.100. The number of hydrogen-bond acceptors (Lipinski definition) is 3. The van der Waals surface area contributed by atoms with E-state index < -0.39 is 0 Å². The fourth-order valence-corrected chi connectivity index (χ4v) is 2.47. The molecule has 2 aromatic carbocycles. The van der Waals surface area contributed by atoms with Crippen molar-refractivity contribution in [3.8, 4) is 0 Å². The Kier molecular flexibility index (Phi) is 8.26. The molecule has 0 saturated heterocycles. The summed E-state index contributed by atoms with van der Waals surface area (Å²) in [5.74, 6) is 0. The van der Waals surface area contributed by atoms with Crippen molar-refractivity contribution >= 4 is 12.6 Å². The SMILES string of the molecule is [Pt+2].[S-]c1ccccc1.[c-]1c(Cn2cccn2)cccc1Cn1cccn1. The van der Waals surface area contributed by atoms with Gasteiger partial charge in [0.2, 0.25) is 0 Å². The smallest absolute Gasteiger partial charge is 0.780 e. The van der Waals surface area contributed by atoms with E-state index in [9.17, 15) is 0 Å². The van der Waals surface area contributed by atoms with Gasteiger partial charge in [0.15, 0.2) is 0 Å². The Morgan fingerprint density at radius 1 is 0.731 bits per heavy atom. The molecule has 0 atom stereocenters.